The number of fused-ring (bicyclic) bond motifs is 1. The molecule has 2 aromatic carbocycles. The number of carbonyl (C=O) groups is 1. The average Bonchev–Trinajstić information content (AvgIpc) is 3.57. The van der Waals surface area contributed by atoms with E-state index >= 15 is 0 Å². The number of furan rings is 1. The van der Waals surface area contributed by atoms with Crippen LogP contribution >= 0.6 is 22.9 Å². The summed E-state index contributed by atoms with van der Waals surface area (Å²) in [6.07, 6.45) is 1.12. The van der Waals surface area contributed by atoms with Crippen LogP contribution < -0.4 is 9.64 Å². The van der Waals surface area contributed by atoms with Crippen LogP contribution in [0, 0.1) is 0 Å². The highest BCUT2D eigenvalue weighted by Crippen LogP contribution is 2.39. The summed E-state index contributed by atoms with van der Waals surface area (Å²) in [6, 6.07) is 12.9. The Kier molecular flexibility index (Phi) is 7.47. The lowest BCUT2D eigenvalue weighted by atomic mass is 10.2. The zero-order chi connectivity index (χ0) is 27.0. The Morgan fingerprint density at radius 3 is 2.50 bits per heavy atom. The molecule has 2 atom stereocenters. The van der Waals surface area contributed by atoms with Crippen LogP contribution in [-0.2, 0) is 21.3 Å². The van der Waals surface area contributed by atoms with Gasteiger partial charge in [-0.3, -0.25) is 9.69 Å². The Hall–Kier alpha value is -2.96. The van der Waals surface area contributed by atoms with E-state index in [2.05, 4.69) is 4.98 Å². The molecule has 1 aliphatic rings. The van der Waals surface area contributed by atoms with E-state index in [-0.39, 0.29) is 42.6 Å². The van der Waals surface area contributed by atoms with Crippen molar-refractivity contribution in [3.8, 4) is 5.75 Å². The number of nitrogens with zero attached hydrogens (tertiary/aromatic N) is 3. The monoisotopic (exact) mass is 575 g/mol. The molecule has 2 unspecified atom stereocenters. The largest absolute Gasteiger partial charge is 0.494 e. The number of hydrogen-bond acceptors (Lipinski definition) is 8. The van der Waals surface area contributed by atoms with E-state index in [1.54, 1.807) is 31.4 Å². The van der Waals surface area contributed by atoms with Gasteiger partial charge >= 0.3 is 0 Å². The standard InChI is InChI=1S/C26H26ClN3O6S2/c1-16-13-29(14-17(2)36-16)38(32,33)20-8-6-18(7-9-20)25(31)30(15-19-5-4-12-35-19)26-28-23-22(34-3)11-10-21(27)24(23)37-26/h4-12,16-17H,13-15H2,1-3H3. The van der Waals surface area contributed by atoms with Crippen LogP contribution in [0.25, 0.3) is 10.2 Å². The molecule has 200 valence electrons. The van der Waals surface area contributed by atoms with E-state index in [0.717, 1.165) is 0 Å². The summed E-state index contributed by atoms with van der Waals surface area (Å²) in [5.74, 6) is 0.733. The average molecular weight is 576 g/mol. The van der Waals surface area contributed by atoms with Crippen LogP contribution in [0.3, 0.4) is 0 Å². The van der Waals surface area contributed by atoms with Crippen LogP contribution in [-0.4, -0.2) is 56.0 Å². The van der Waals surface area contributed by atoms with Crippen molar-refractivity contribution in [2.24, 2.45) is 0 Å². The van der Waals surface area contributed by atoms with Crippen LogP contribution in [0.4, 0.5) is 5.13 Å². The number of benzene rings is 2. The predicted octanol–water partition coefficient (Wildman–Crippen LogP) is 5.20. The molecule has 0 N–H and O–H groups in total. The van der Waals surface area contributed by atoms with Gasteiger partial charge in [-0.2, -0.15) is 4.31 Å². The van der Waals surface area contributed by atoms with Crippen LogP contribution in [0.15, 0.2) is 64.1 Å². The van der Waals surface area contributed by atoms with E-state index in [0.29, 0.717) is 37.4 Å². The van der Waals surface area contributed by atoms with Gasteiger partial charge in [0.05, 0.1) is 46.7 Å². The van der Waals surface area contributed by atoms with Gasteiger partial charge < -0.3 is 13.9 Å². The van der Waals surface area contributed by atoms with E-state index in [9.17, 15) is 13.2 Å². The molecule has 3 heterocycles. The van der Waals surface area contributed by atoms with E-state index in [4.69, 9.17) is 25.5 Å². The first-order valence-corrected chi connectivity index (χ1v) is 14.5. The summed E-state index contributed by atoms with van der Waals surface area (Å²) < 4.78 is 45.2. The van der Waals surface area contributed by atoms with Gasteiger partial charge in [-0.25, -0.2) is 13.4 Å². The van der Waals surface area contributed by atoms with E-state index in [1.165, 1.54) is 51.1 Å². The lowest BCUT2D eigenvalue weighted by molar-refractivity contribution is -0.0440. The first kappa shape index (κ1) is 26.6. The zero-order valence-corrected chi connectivity index (χ0v) is 23.3. The zero-order valence-electron chi connectivity index (χ0n) is 21.0. The second-order valence-corrected chi connectivity index (χ2v) is 12.3. The van der Waals surface area contributed by atoms with Crippen molar-refractivity contribution in [2.45, 2.75) is 37.5 Å². The van der Waals surface area contributed by atoms with Gasteiger partial charge in [0, 0.05) is 18.7 Å². The molecule has 9 nitrogen and oxygen atoms in total. The Labute approximate surface area is 229 Å². The van der Waals surface area contributed by atoms with Crippen molar-refractivity contribution >= 4 is 54.2 Å². The van der Waals surface area contributed by atoms with Gasteiger partial charge in [0.15, 0.2) is 5.13 Å². The lowest BCUT2D eigenvalue weighted by Crippen LogP contribution is -2.48. The van der Waals surface area contributed by atoms with Gasteiger partial charge in [-0.1, -0.05) is 22.9 Å². The molecule has 0 radical (unpaired) electrons. The third-order valence-corrected chi connectivity index (χ3v) is 9.55. The predicted molar refractivity (Wildman–Crippen MR) is 146 cm³/mol. The number of morpholine rings is 1. The minimum atomic E-state index is -3.74. The molecule has 12 heteroatoms. The van der Waals surface area contributed by atoms with Crippen molar-refractivity contribution in [3.05, 3.63) is 71.1 Å². The van der Waals surface area contributed by atoms with Crippen molar-refractivity contribution in [2.75, 3.05) is 25.1 Å². The summed E-state index contributed by atoms with van der Waals surface area (Å²) in [5.41, 5.74) is 0.851. The van der Waals surface area contributed by atoms with Crippen LogP contribution in [0.1, 0.15) is 30.0 Å². The minimum Gasteiger partial charge on any atom is -0.494 e. The molecular formula is C26H26ClN3O6S2. The smallest absolute Gasteiger partial charge is 0.260 e. The van der Waals surface area contributed by atoms with Gasteiger partial charge in [0.1, 0.15) is 17.0 Å². The number of amides is 1. The molecule has 4 aromatic rings. The van der Waals surface area contributed by atoms with E-state index in [1.807, 2.05) is 13.8 Å². The highest BCUT2D eigenvalue weighted by Gasteiger charge is 2.32. The SMILES string of the molecule is COc1ccc(Cl)c2sc(N(Cc3ccco3)C(=O)c3ccc(S(=O)(=O)N4CC(C)OC(C)C4)cc3)nc12. The Morgan fingerprint density at radius 1 is 1.16 bits per heavy atom. The second kappa shape index (κ2) is 10.7. The van der Waals surface area contributed by atoms with Gasteiger partial charge in [-0.05, 0) is 62.4 Å². The van der Waals surface area contributed by atoms with Gasteiger partial charge in [-0.15, -0.1) is 0 Å². The third kappa shape index (κ3) is 5.16. The van der Waals surface area contributed by atoms with Gasteiger partial charge in [0.25, 0.3) is 5.91 Å². The molecule has 0 bridgehead atoms. The topological polar surface area (TPSA) is 102 Å². The molecule has 1 saturated heterocycles. The fourth-order valence-electron chi connectivity index (χ4n) is 4.41. The normalized spacial score (nSPS) is 18.5. The molecule has 1 aliphatic heterocycles. The number of rotatable bonds is 7. The molecule has 1 fully saturated rings. The maximum absolute atomic E-state index is 13.7. The molecule has 1 amide bonds. The molecule has 38 heavy (non-hydrogen) atoms. The number of aromatic nitrogens is 1. The maximum Gasteiger partial charge on any atom is 0.260 e. The number of carbonyl (C=O) groups excluding carboxylic acids is 1. The van der Waals surface area contributed by atoms with Crippen molar-refractivity contribution in [1.29, 1.82) is 0 Å². The Balaban J connectivity index is 1.48. The highest BCUT2D eigenvalue weighted by atomic mass is 35.5. The number of sulfonamides is 1. The summed E-state index contributed by atoms with van der Waals surface area (Å²) >= 11 is 7.67. The fourth-order valence-corrected chi connectivity index (χ4v) is 7.25. The van der Waals surface area contributed by atoms with Crippen LogP contribution in [0.2, 0.25) is 5.02 Å². The van der Waals surface area contributed by atoms with Gasteiger partial charge in [0.2, 0.25) is 10.0 Å². The Bertz CT molecular complexity index is 1540. The molecule has 0 saturated carbocycles. The van der Waals surface area contributed by atoms with Crippen LogP contribution in [0.5, 0.6) is 5.75 Å². The van der Waals surface area contributed by atoms with E-state index < -0.39 is 10.0 Å². The summed E-state index contributed by atoms with van der Waals surface area (Å²) in [7, 11) is -2.20. The number of anilines is 1. The molecule has 0 aliphatic carbocycles. The molecule has 0 spiro atoms. The maximum atomic E-state index is 13.7. The first-order valence-electron chi connectivity index (χ1n) is 11.9. The summed E-state index contributed by atoms with van der Waals surface area (Å²) in [4.78, 5) is 20.0. The number of ether oxygens (including phenoxy) is 2. The Morgan fingerprint density at radius 2 is 1.87 bits per heavy atom. The molecular weight excluding hydrogens is 550 g/mol. The first-order chi connectivity index (χ1) is 18.2. The number of methoxy groups -OCH3 is 1. The molecule has 5 rings (SSSR count). The summed E-state index contributed by atoms with van der Waals surface area (Å²) in [6.45, 7) is 4.35. The van der Waals surface area contributed by atoms with Crippen molar-refractivity contribution < 1.29 is 27.1 Å². The highest BCUT2D eigenvalue weighted by molar-refractivity contribution is 7.89. The number of halogens is 1. The fraction of sp³-hybridized carbons (Fsp3) is 0.308. The molecule has 2 aromatic heterocycles. The number of hydrogen-bond donors (Lipinski definition) is 0. The quantitative estimate of drug-likeness (QED) is 0.298. The second-order valence-electron chi connectivity index (χ2n) is 9.00. The third-order valence-electron chi connectivity index (χ3n) is 6.16. The van der Waals surface area contributed by atoms with Crippen molar-refractivity contribution in [1.82, 2.24) is 9.29 Å². The minimum absolute atomic E-state index is 0.115. The van der Waals surface area contributed by atoms with Crippen molar-refractivity contribution in [3.63, 3.8) is 0 Å². The summed E-state index contributed by atoms with van der Waals surface area (Å²) in [5, 5.41) is 0.900. The number of thiazole rings is 1. The lowest BCUT2D eigenvalue weighted by Gasteiger charge is -2.34.